The summed E-state index contributed by atoms with van der Waals surface area (Å²) in [5.41, 5.74) is 0.934. The Labute approximate surface area is 96.9 Å². The zero-order valence-corrected chi connectivity index (χ0v) is 9.08. The molecule has 1 heterocycles. The predicted molar refractivity (Wildman–Crippen MR) is 64.8 cm³/mol. The molecule has 0 saturated carbocycles. The van der Waals surface area contributed by atoms with Crippen LogP contribution in [0.3, 0.4) is 0 Å². The molecule has 0 amide bonds. The Morgan fingerprint density at radius 3 is 2.81 bits per heavy atom. The number of allylic oxidation sites excluding steroid dienone is 1. The van der Waals surface area contributed by atoms with Gasteiger partial charge in [0.1, 0.15) is 17.7 Å². The molecule has 0 spiro atoms. The summed E-state index contributed by atoms with van der Waals surface area (Å²) in [5.74, 6) is 0. The Kier molecular flexibility index (Phi) is 2.86. The molecule has 2 rings (SSSR count). The summed E-state index contributed by atoms with van der Waals surface area (Å²) in [6.07, 6.45) is 1.41. The number of nitriles is 2. The van der Waals surface area contributed by atoms with Gasteiger partial charge in [-0.2, -0.15) is 10.5 Å². The molecule has 3 nitrogen and oxygen atoms in total. The molecule has 0 radical (unpaired) electrons. The number of rotatable bonds is 2. The summed E-state index contributed by atoms with van der Waals surface area (Å²) in [4.78, 5) is 0. The van der Waals surface area contributed by atoms with E-state index in [2.05, 4.69) is 11.4 Å². The molecular formula is C12H7N3S. The molecule has 1 aromatic heterocycles. The molecule has 0 bridgehead atoms. The fourth-order valence-electron chi connectivity index (χ4n) is 1.29. The fourth-order valence-corrected chi connectivity index (χ4v) is 2.12. The van der Waals surface area contributed by atoms with Crippen LogP contribution in [0.2, 0.25) is 0 Å². The van der Waals surface area contributed by atoms with Crippen molar-refractivity contribution in [3.8, 4) is 12.1 Å². The van der Waals surface area contributed by atoms with Crippen molar-refractivity contribution < 1.29 is 0 Å². The van der Waals surface area contributed by atoms with Gasteiger partial charge in [-0.15, -0.1) is 11.3 Å². The lowest BCUT2D eigenvalue weighted by Gasteiger charge is -1.99. The Balaban J connectivity index is 2.26. The molecule has 0 fully saturated rings. The van der Waals surface area contributed by atoms with Crippen molar-refractivity contribution in [3.63, 3.8) is 0 Å². The predicted octanol–water partition coefficient (Wildman–Crippen LogP) is 3.24. The van der Waals surface area contributed by atoms with Crippen LogP contribution in [0.25, 0.3) is 10.1 Å². The van der Waals surface area contributed by atoms with Crippen LogP contribution in [-0.4, -0.2) is 0 Å². The molecule has 2 aromatic rings. The monoisotopic (exact) mass is 225 g/mol. The van der Waals surface area contributed by atoms with Gasteiger partial charge < -0.3 is 5.32 Å². The second kappa shape index (κ2) is 4.48. The van der Waals surface area contributed by atoms with Crippen LogP contribution in [0.15, 0.2) is 41.4 Å². The minimum Gasteiger partial charge on any atom is -0.360 e. The fraction of sp³-hybridized carbons (Fsp3) is 0. The highest BCUT2D eigenvalue weighted by Gasteiger charge is 1.96. The van der Waals surface area contributed by atoms with Gasteiger partial charge in [0.05, 0.1) is 0 Å². The van der Waals surface area contributed by atoms with Crippen molar-refractivity contribution in [1.29, 1.82) is 10.5 Å². The lowest BCUT2D eigenvalue weighted by atomic mass is 10.2. The molecule has 1 aromatic carbocycles. The average Bonchev–Trinajstić information content (AvgIpc) is 2.77. The van der Waals surface area contributed by atoms with Crippen LogP contribution in [0.4, 0.5) is 5.69 Å². The highest BCUT2D eigenvalue weighted by molar-refractivity contribution is 7.17. The summed E-state index contributed by atoms with van der Waals surface area (Å²) in [5, 5.41) is 23.3. The van der Waals surface area contributed by atoms with E-state index in [0.717, 1.165) is 5.69 Å². The standard InChI is InChI=1S/C12H7N3S/c13-6-9(7-14)8-15-11-2-1-10-3-4-16-12(10)5-11/h1-5,8,15H. The molecule has 0 aliphatic rings. The molecule has 76 valence electrons. The van der Waals surface area contributed by atoms with Crippen molar-refractivity contribution in [3.05, 3.63) is 41.4 Å². The van der Waals surface area contributed by atoms with Crippen molar-refractivity contribution in [2.24, 2.45) is 0 Å². The van der Waals surface area contributed by atoms with Gasteiger partial charge >= 0.3 is 0 Å². The van der Waals surface area contributed by atoms with Gasteiger partial charge in [0.25, 0.3) is 0 Å². The van der Waals surface area contributed by atoms with Crippen molar-refractivity contribution in [2.75, 3.05) is 5.32 Å². The van der Waals surface area contributed by atoms with Gasteiger partial charge in [0, 0.05) is 16.6 Å². The third-order valence-corrected chi connectivity index (χ3v) is 2.96. The van der Waals surface area contributed by atoms with E-state index >= 15 is 0 Å². The minimum atomic E-state index is 0.0614. The second-order valence-corrected chi connectivity index (χ2v) is 4.05. The molecule has 4 heteroatoms. The third-order valence-electron chi connectivity index (χ3n) is 2.08. The van der Waals surface area contributed by atoms with E-state index in [0.29, 0.717) is 0 Å². The molecule has 0 saturated heterocycles. The number of hydrogen-bond acceptors (Lipinski definition) is 4. The molecule has 0 aliphatic carbocycles. The van der Waals surface area contributed by atoms with Crippen LogP contribution >= 0.6 is 11.3 Å². The minimum absolute atomic E-state index is 0.0614. The number of thiophene rings is 1. The molecule has 1 N–H and O–H groups in total. The summed E-state index contributed by atoms with van der Waals surface area (Å²) < 4.78 is 1.17. The van der Waals surface area contributed by atoms with E-state index in [1.54, 1.807) is 23.5 Å². The molecule has 0 aliphatic heterocycles. The van der Waals surface area contributed by atoms with Gasteiger partial charge in [0.15, 0.2) is 0 Å². The maximum absolute atomic E-state index is 8.56. The van der Waals surface area contributed by atoms with Gasteiger partial charge in [-0.05, 0) is 29.0 Å². The summed E-state index contributed by atoms with van der Waals surface area (Å²) in [6, 6.07) is 11.5. The largest absolute Gasteiger partial charge is 0.360 e. The first-order valence-corrected chi connectivity index (χ1v) is 5.45. The van der Waals surface area contributed by atoms with E-state index in [1.807, 2.05) is 23.6 Å². The Morgan fingerprint density at radius 1 is 1.25 bits per heavy atom. The van der Waals surface area contributed by atoms with Crippen molar-refractivity contribution >= 4 is 27.1 Å². The number of hydrogen-bond donors (Lipinski definition) is 1. The van der Waals surface area contributed by atoms with Crippen LogP contribution in [0, 0.1) is 22.7 Å². The van der Waals surface area contributed by atoms with E-state index in [9.17, 15) is 0 Å². The van der Waals surface area contributed by atoms with Crippen molar-refractivity contribution in [1.82, 2.24) is 0 Å². The van der Waals surface area contributed by atoms with Gasteiger partial charge in [-0.3, -0.25) is 0 Å². The zero-order valence-electron chi connectivity index (χ0n) is 8.27. The van der Waals surface area contributed by atoms with E-state index in [1.165, 1.54) is 16.3 Å². The first-order chi connectivity index (χ1) is 7.83. The van der Waals surface area contributed by atoms with E-state index in [4.69, 9.17) is 10.5 Å². The Bertz CT molecular complexity index is 609. The summed E-state index contributed by atoms with van der Waals surface area (Å²) >= 11 is 1.66. The summed E-state index contributed by atoms with van der Waals surface area (Å²) in [7, 11) is 0. The van der Waals surface area contributed by atoms with Gasteiger partial charge in [-0.25, -0.2) is 0 Å². The molecule has 16 heavy (non-hydrogen) atoms. The van der Waals surface area contributed by atoms with Gasteiger partial charge in [0.2, 0.25) is 0 Å². The number of fused-ring (bicyclic) bond motifs is 1. The normalized spacial score (nSPS) is 9.12. The highest BCUT2D eigenvalue weighted by atomic mass is 32.1. The van der Waals surface area contributed by atoms with Gasteiger partial charge in [-0.1, -0.05) is 6.07 Å². The zero-order chi connectivity index (χ0) is 11.4. The topological polar surface area (TPSA) is 59.6 Å². The molecule has 0 atom stereocenters. The highest BCUT2D eigenvalue weighted by Crippen LogP contribution is 2.24. The second-order valence-electron chi connectivity index (χ2n) is 3.10. The number of anilines is 1. The lowest BCUT2D eigenvalue weighted by molar-refractivity contribution is 1.45. The van der Waals surface area contributed by atoms with Crippen LogP contribution in [0.5, 0.6) is 0 Å². The van der Waals surface area contributed by atoms with Crippen LogP contribution in [-0.2, 0) is 0 Å². The van der Waals surface area contributed by atoms with E-state index in [-0.39, 0.29) is 5.57 Å². The third kappa shape index (κ3) is 2.03. The molecule has 0 unspecified atom stereocenters. The van der Waals surface area contributed by atoms with Crippen LogP contribution in [0.1, 0.15) is 0 Å². The maximum Gasteiger partial charge on any atom is 0.145 e. The van der Waals surface area contributed by atoms with Crippen molar-refractivity contribution in [2.45, 2.75) is 0 Å². The number of nitrogens with one attached hydrogen (secondary N) is 1. The first kappa shape index (κ1) is 10.2. The maximum atomic E-state index is 8.56. The Hall–Kier alpha value is -2.30. The SMILES string of the molecule is N#CC(C#N)=CNc1ccc2ccsc2c1. The summed E-state index contributed by atoms with van der Waals surface area (Å²) in [6.45, 7) is 0. The molecular weight excluding hydrogens is 218 g/mol. The number of nitrogens with zero attached hydrogens (tertiary/aromatic N) is 2. The smallest absolute Gasteiger partial charge is 0.145 e. The van der Waals surface area contributed by atoms with E-state index < -0.39 is 0 Å². The average molecular weight is 225 g/mol. The first-order valence-electron chi connectivity index (χ1n) is 4.57. The quantitative estimate of drug-likeness (QED) is 0.798. The Morgan fingerprint density at radius 2 is 2.06 bits per heavy atom. The lowest BCUT2D eigenvalue weighted by Crippen LogP contribution is -1.88. The van der Waals surface area contributed by atoms with Crippen LogP contribution < -0.4 is 5.32 Å². The number of benzene rings is 1.